The Balaban J connectivity index is 1.84. The van der Waals surface area contributed by atoms with Crippen LogP contribution in [0.25, 0.3) is 5.65 Å². The molecule has 0 bridgehead atoms. The number of aryl methyl sites for hydroxylation is 1. The maximum Gasteiger partial charge on any atom is 0.151 e. The van der Waals surface area contributed by atoms with Crippen LogP contribution in [0.4, 0.5) is 0 Å². The second kappa shape index (κ2) is 6.61. The number of rotatable bonds is 6. The first-order chi connectivity index (χ1) is 11.0. The summed E-state index contributed by atoms with van der Waals surface area (Å²) in [6, 6.07) is 4.23. The van der Waals surface area contributed by atoms with Crippen LogP contribution in [0.15, 0.2) is 24.5 Å². The molecule has 0 saturated carbocycles. The highest BCUT2D eigenvalue weighted by Gasteiger charge is 2.32. The molecule has 0 N–H and O–H groups in total. The highest BCUT2D eigenvalue weighted by molar-refractivity contribution is 7.91. The van der Waals surface area contributed by atoms with Crippen LogP contribution in [-0.2, 0) is 16.4 Å². The van der Waals surface area contributed by atoms with Crippen molar-refractivity contribution in [3.63, 3.8) is 0 Å². The van der Waals surface area contributed by atoms with Crippen molar-refractivity contribution in [2.45, 2.75) is 45.7 Å². The molecule has 1 aliphatic rings. The average molecular weight is 335 g/mol. The van der Waals surface area contributed by atoms with Crippen LogP contribution in [0.5, 0.6) is 0 Å². The van der Waals surface area contributed by atoms with Gasteiger partial charge in [-0.25, -0.2) is 13.4 Å². The van der Waals surface area contributed by atoms with Gasteiger partial charge in [0.05, 0.1) is 23.4 Å². The van der Waals surface area contributed by atoms with Gasteiger partial charge in [-0.15, -0.1) is 0 Å². The van der Waals surface area contributed by atoms with Crippen molar-refractivity contribution >= 4 is 15.5 Å². The number of hydrogen-bond acceptors (Lipinski definition) is 4. The zero-order chi connectivity index (χ0) is 16.4. The summed E-state index contributed by atoms with van der Waals surface area (Å²) >= 11 is 0. The average Bonchev–Trinajstić information content (AvgIpc) is 3.08. The van der Waals surface area contributed by atoms with Gasteiger partial charge in [0.1, 0.15) is 5.65 Å². The Morgan fingerprint density at radius 3 is 2.96 bits per heavy atom. The lowest BCUT2D eigenvalue weighted by molar-refractivity contribution is 0.197. The van der Waals surface area contributed by atoms with Crippen LogP contribution < -0.4 is 0 Å². The number of aromatic nitrogens is 2. The van der Waals surface area contributed by atoms with Crippen molar-refractivity contribution in [2.75, 3.05) is 18.1 Å². The number of pyridine rings is 1. The minimum absolute atomic E-state index is 0.141. The predicted octanol–water partition coefficient (Wildman–Crippen LogP) is 2.43. The first-order valence-electron chi connectivity index (χ1n) is 8.36. The number of fused-ring (bicyclic) bond motifs is 1. The van der Waals surface area contributed by atoms with Gasteiger partial charge in [-0.05, 0) is 37.9 Å². The summed E-state index contributed by atoms with van der Waals surface area (Å²) in [5.74, 6) is 0.624. The maximum absolute atomic E-state index is 11.8. The largest absolute Gasteiger partial charge is 0.303 e. The maximum atomic E-state index is 11.8. The van der Waals surface area contributed by atoms with Gasteiger partial charge in [0.15, 0.2) is 9.84 Å². The van der Waals surface area contributed by atoms with Crippen molar-refractivity contribution < 1.29 is 8.42 Å². The Morgan fingerprint density at radius 2 is 2.26 bits per heavy atom. The number of sulfone groups is 1. The van der Waals surface area contributed by atoms with Crippen LogP contribution in [0.3, 0.4) is 0 Å². The van der Waals surface area contributed by atoms with E-state index in [-0.39, 0.29) is 6.04 Å². The molecule has 0 spiro atoms. The predicted molar refractivity (Wildman–Crippen MR) is 92.3 cm³/mol. The number of hydrogen-bond donors (Lipinski definition) is 0. The molecule has 126 valence electrons. The van der Waals surface area contributed by atoms with E-state index >= 15 is 0 Å². The van der Waals surface area contributed by atoms with E-state index in [4.69, 9.17) is 0 Å². The number of imidazole rings is 1. The van der Waals surface area contributed by atoms with Crippen molar-refractivity contribution in [1.82, 2.24) is 14.3 Å². The molecule has 0 aromatic carbocycles. The molecular weight excluding hydrogens is 310 g/mol. The van der Waals surface area contributed by atoms with E-state index in [2.05, 4.69) is 34.2 Å². The summed E-state index contributed by atoms with van der Waals surface area (Å²) in [5.41, 5.74) is 3.27. The first kappa shape index (κ1) is 16.5. The summed E-state index contributed by atoms with van der Waals surface area (Å²) in [4.78, 5) is 6.86. The minimum Gasteiger partial charge on any atom is -0.303 e. The molecule has 3 heterocycles. The molecule has 1 unspecified atom stereocenters. The van der Waals surface area contributed by atoms with Crippen molar-refractivity contribution in [3.8, 4) is 0 Å². The molecule has 1 atom stereocenters. The SMILES string of the molecule is CCCCN(Cc1cnc2c(C)cccn12)C1CCS(=O)(=O)C1. The minimum atomic E-state index is -2.86. The normalized spacial score (nSPS) is 20.6. The van der Waals surface area contributed by atoms with E-state index in [1.807, 2.05) is 18.5 Å². The topological polar surface area (TPSA) is 54.7 Å². The van der Waals surface area contributed by atoms with Gasteiger partial charge in [0, 0.05) is 18.8 Å². The fourth-order valence-electron chi connectivity index (χ4n) is 3.34. The van der Waals surface area contributed by atoms with Crippen molar-refractivity contribution in [1.29, 1.82) is 0 Å². The highest BCUT2D eigenvalue weighted by Crippen LogP contribution is 2.21. The second-order valence-electron chi connectivity index (χ2n) is 6.52. The van der Waals surface area contributed by atoms with Crippen LogP contribution in [0, 0.1) is 6.92 Å². The summed E-state index contributed by atoms with van der Waals surface area (Å²) in [7, 11) is -2.86. The fraction of sp³-hybridized carbons (Fsp3) is 0.588. The molecule has 2 aromatic rings. The van der Waals surface area contributed by atoms with E-state index in [9.17, 15) is 8.42 Å². The van der Waals surface area contributed by atoms with Crippen LogP contribution in [0.1, 0.15) is 37.4 Å². The Labute approximate surface area is 138 Å². The molecule has 0 radical (unpaired) electrons. The Morgan fingerprint density at radius 1 is 1.43 bits per heavy atom. The van der Waals surface area contributed by atoms with E-state index in [0.717, 1.165) is 49.3 Å². The molecule has 0 aliphatic carbocycles. The van der Waals surface area contributed by atoms with Crippen molar-refractivity contribution in [3.05, 3.63) is 35.8 Å². The van der Waals surface area contributed by atoms with Gasteiger partial charge in [-0.1, -0.05) is 19.4 Å². The van der Waals surface area contributed by atoms with E-state index in [0.29, 0.717) is 11.5 Å². The van der Waals surface area contributed by atoms with Crippen LogP contribution >= 0.6 is 0 Å². The molecule has 1 fully saturated rings. The summed E-state index contributed by atoms with van der Waals surface area (Å²) in [6.07, 6.45) is 6.91. The third-order valence-corrected chi connectivity index (χ3v) is 6.45. The standard InChI is InChI=1S/C17H25N3O2S/c1-3-4-8-19(15-7-10-23(21,22)13-15)12-16-11-18-17-14(2)6-5-9-20(16)17/h5-6,9,11,15H,3-4,7-8,10,12-13H2,1-2H3. The Bertz CT molecular complexity index is 782. The van der Waals surface area contributed by atoms with E-state index in [1.165, 1.54) is 0 Å². The molecule has 6 heteroatoms. The monoisotopic (exact) mass is 335 g/mol. The van der Waals surface area contributed by atoms with Gasteiger partial charge >= 0.3 is 0 Å². The zero-order valence-corrected chi connectivity index (χ0v) is 14.7. The summed E-state index contributed by atoms with van der Waals surface area (Å²) < 4.78 is 25.8. The molecule has 1 saturated heterocycles. The van der Waals surface area contributed by atoms with E-state index < -0.39 is 9.84 Å². The molecule has 3 rings (SSSR count). The lowest BCUT2D eigenvalue weighted by Gasteiger charge is -2.27. The summed E-state index contributed by atoms with van der Waals surface area (Å²) in [5, 5.41) is 0. The lowest BCUT2D eigenvalue weighted by Crippen LogP contribution is -2.36. The van der Waals surface area contributed by atoms with Crippen molar-refractivity contribution in [2.24, 2.45) is 0 Å². The third kappa shape index (κ3) is 3.58. The molecular formula is C17H25N3O2S. The lowest BCUT2D eigenvalue weighted by atomic mass is 10.2. The molecule has 1 aliphatic heterocycles. The molecule has 0 amide bonds. The fourth-order valence-corrected chi connectivity index (χ4v) is 5.10. The quantitative estimate of drug-likeness (QED) is 0.813. The first-order valence-corrected chi connectivity index (χ1v) is 10.2. The van der Waals surface area contributed by atoms with Gasteiger partial charge in [-0.3, -0.25) is 4.90 Å². The number of nitrogens with zero attached hydrogens (tertiary/aromatic N) is 3. The van der Waals surface area contributed by atoms with Gasteiger partial charge in [0.25, 0.3) is 0 Å². The third-order valence-electron chi connectivity index (χ3n) is 4.70. The molecule has 23 heavy (non-hydrogen) atoms. The van der Waals surface area contributed by atoms with Crippen LogP contribution in [0.2, 0.25) is 0 Å². The number of unbranched alkanes of at least 4 members (excludes halogenated alkanes) is 1. The van der Waals surface area contributed by atoms with Gasteiger partial charge < -0.3 is 4.40 Å². The smallest absolute Gasteiger partial charge is 0.151 e. The Hall–Kier alpha value is -1.40. The highest BCUT2D eigenvalue weighted by atomic mass is 32.2. The summed E-state index contributed by atoms with van der Waals surface area (Å²) in [6.45, 7) is 5.92. The Kier molecular flexibility index (Phi) is 4.73. The second-order valence-corrected chi connectivity index (χ2v) is 8.74. The molecule has 5 nitrogen and oxygen atoms in total. The molecule has 2 aromatic heterocycles. The zero-order valence-electron chi connectivity index (χ0n) is 13.9. The van der Waals surface area contributed by atoms with Crippen LogP contribution in [-0.4, -0.2) is 46.8 Å². The van der Waals surface area contributed by atoms with Gasteiger partial charge in [-0.2, -0.15) is 0 Å². The van der Waals surface area contributed by atoms with Gasteiger partial charge in [0.2, 0.25) is 0 Å². The van der Waals surface area contributed by atoms with E-state index in [1.54, 1.807) is 0 Å².